The molecule has 2 aromatic rings. The van der Waals surface area contributed by atoms with Gasteiger partial charge in [0, 0.05) is 37.5 Å². The van der Waals surface area contributed by atoms with Gasteiger partial charge in [0.1, 0.15) is 4.21 Å². The zero-order valence-corrected chi connectivity index (χ0v) is 15.7. The molecule has 0 spiro atoms. The monoisotopic (exact) mass is 370 g/mol. The highest BCUT2D eigenvalue weighted by molar-refractivity contribution is 7.91. The van der Waals surface area contributed by atoms with Crippen LogP contribution in [0.1, 0.15) is 36.5 Å². The van der Waals surface area contributed by atoms with Crippen molar-refractivity contribution < 1.29 is 12.9 Å². The van der Waals surface area contributed by atoms with Gasteiger partial charge in [-0.3, -0.25) is 4.90 Å². The summed E-state index contributed by atoms with van der Waals surface area (Å²) >= 11 is 1.32. The van der Waals surface area contributed by atoms with Crippen LogP contribution < -0.4 is 0 Å². The lowest BCUT2D eigenvalue weighted by Crippen LogP contribution is -2.49. The van der Waals surface area contributed by atoms with Crippen LogP contribution in [0.2, 0.25) is 0 Å². The molecule has 1 saturated heterocycles. The van der Waals surface area contributed by atoms with Crippen molar-refractivity contribution in [1.82, 2.24) is 19.3 Å². The van der Waals surface area contributed by atoms with Crippen molar-refractivity contribution in [1.29, 1.82) is 0 Å². The maximum atomic E-state index is 12.7. The maximum Gasteiger partial charge on any atom is 0.252 e. The molecule has 1 aliphatic heterocycles. The summed E-state index contributed by atoms with van der Waals surface area (Å²) in [4.78, 5) is 7.56. The number of aromatic nitrogens is 2. The SMILES string of the molecule is CCc1noc([C@H](C)N2CCN(S(=O)(=O)c3ccc(C)s3)CC2)n1. The molecule has 0 bridgehead atoms. The zero-order valence-electron chi connectivity index (χ0n) is 14.1. The quantitative estimate of drug-likeness (QED) is 0.802. The lowest BCUT2D eigenvalue weighted by molar-refractivity contribution is 0.124. The van der Waals surface area contributed by atoms with Crippen LogP contribution in [-0.4, -0.2) is 53.9 Å². The average Bonchev–Trinajstić information content (AvgIpc) is 3.23. The van der Waals surface area contributed by atoms with Crippen molar-refractivity contribution in [2.75, 3.05) is 26.2 Å². The maximum absolute atomic E-state index is 12.7. The van der Waals surface area contributed by atoms with Crippen molar-refractivity contribution >= 4 is 21.4 Å². The first-order valence-corrected chi connectivity index (χ1v) is 10.3. The molecule has 132 valence electrons. The standard InChI is InChI=1S/C15H22N4O3S2/c1-4-13-16-15(22-17-13)12(3)18-7-9-19(10-8-18)24(20,21)14-6-5-11(2)23-14/h5-6,12H,4,7-10H2,1-3H3/t12-/m0/s1. The molecule has 0 aliphatic carbocycles. The summed E-state index contributed by atoms with van der Waals surface area (Å²) in [5.74, 6) is 1.29. The predicted octanol–water partition coefficient (Wildman–Crippen LogP) is 2.07. The number of piperazine rings is 1. The molecule has 7 nitrogen and oxygen atoms in total. The summed E-state index contributed by atoms with van der Waals surface area (Å²) in [6.45, 7) is 8.15. The van der Waals surface area contributed by atoms with Crippen LogP contribution >= 0.6 is 11.3 Å². The highest BCUT2D eigenvalue weighted by Crippen LogP contribution is 2.27. The summed E-state index contributed by atoms with van der Waals surface area (Å²) in [5.41, 5.74) is 0. The van der Waals surface area contributed by atoms with Gasteiger partial charge in [-0.25, -0.2) is 8.42 Å². The molecule has 9 heteroatoms. The smallest absolute Gasteiger partial charge is 0.252 e. The summed E-state index contributed by atoms with van der Waals surface area (Å²) in [5, 5.41) is 3.93. The summed E-state index contributed by atoms with van der Waals surface area (Å²) < 4.78 is 32.6. The Balaban J connectivity index is 1.65. The second-order valence-electron chi connectivity index (χ2n) is 5.88. The molecular formula is C15H22N4O3S2. The van der Waals surface area contributed by atoms with Gasteiger partial charge in [-0.05, 0) is 26.0 Å². The molecule has 0 amide bonds. The van der Waals surface area contributed by atoms with Crippen molar-refractivity contribution in [2.45, 2.75) is 37.4 Å². The third kappa shape index (κ3) is 3.39. The van der Waals surface area contributed by atoms with Gasteiger partial charge < -0.3 is 4.52 Å². The Bertz CT molecular complexity index is 791. The molecule has 1 atom stereocenters. The van der Waals surface area contributed by atoms with Gasteiger partial charge in [0.15, 0.2) is 5.82 Å². The zero-order chi connectivity index (χ0) is 17.3. The number of sulfonamides is 1. The van der Waals surface area contributed by atoms with E-state index in [1.54, 1.807) is 10.4 Å². The number of nitrogens with zero attached hydrogens (tertiary/aromatic N) is 4. The van der Waals surface area contributed by atoms with Crippen molar-refractivity contribution in [3.05, 3.63) is 28.7 Å². The third-order valence-corrected chi connectivity index (χ3v) is 7.65. The molecule has 1 aliphatic rings. The predicted molar refractivity (Wildman–Crippen MR) is 91.5 cm³/mol. The first-order valence-electron chi connectivity index (χ1n) is 8.05. The fourth-order valence-electron chi connectivity index (χ4n) is 2.75. The van der Waals surface area contributed by atoms with Gasteiger partial charge in [0.05, 0.1) is 6.04 Å². The highest BCUT2D eigenvalue weighted by atomic mass is 32.2. The van der Waals surface area contributed by atoms with Crippen molar-refractivity contribution in [3.63, 3.8) is 0 Å². The Morgan fingerprint density at radius 2 is 2.00 bits per heavy atom. The first-order chi connectivity index (χ1) is 11.4. The fourth-order valence-corrected chi connectivity index (χ4v) is 5.61. The molecule has 2 aromatic heterocycles. The third-order valence-electron chi connectivity index (χ3n) is 4.29. The molecule has 24 heavy (non-hydrogen) atoms. The fraction of sp³-hybridized carbons (Fsp3) is 0.600. The van der Waals surface area contributed by atoms with Crippen LogP contribution in [0.15, 0.2) is 20.9 Å². The van der Waals surface area contributed by atoms with E-state index in [1.165, 1.54) is 11.3 Å². The Labute approximate surface area is 146 Å². The minimum absolute atomic E-state index is 0.00774. The van der Waals surface area contributed by atoms with Gasteiger partial charge >= 0.3 is 0 Å². The van der Waals surface area contributed by atoms with Crippen LogP contribution in [0.25, 0.3) is 0 Å². The molecule has 0 aromatic carbocycles. The van der Waals surface area contributed by atoms with Gasteiger partial charge in [0.2, 0.25) is 5.89 Å². The minimum Gasteiger partial charge on any atom is -0.338 e. The van der Waals surface area contributed by atoms with Gasteiger partial charge in [-0.1, -0.05) is 12.1 Å². The van der Waals surface area contributed by atoms with E-state index < -0.39 is 10.0 Å². The topological polar surface area (TPSA) is 79.5 Å². The Morgan fingerprint density at radius 3 is 2.54 bits per heavy atom. The van der Waals surface area contributed by atoms with Gasteiger partial charge in [-0.15, -0.1) is 11.3 Å². The Kier molecular flexibility index (Phi) is 5.05. The van der Waals surface area contributed by atoms with Gasteiger partial charge in [-0.2, -0.15) is 9.29 Å². The second-order valence-corrected chi connectivity index (χ2v) is 9.34. The second kappa shape index (κ2) is 6.91. The molecule has 0 unspecified atom stereocenters. The minimum atomic E-state index is -3.38. The van der Waals surface area contributed by atoms with E-state index in [1.807, 2.05) is 26.8 Å². The Morgan fingerprint density at radius 1 is 1.29 bits per heavy atom. The van der Waals surface area contributed by atoms with E-state index >= 15 is 0 Å². The van der Waals surface area contributed by atoms with Crippen molar-refractivity contribution in [2.24, 2.45) is 0 Å². The van der Waals surface area contributed by atoms with E-state index in [-0.39, 0.29) is 6.04 Å². The molecular weight excluding hydrogens is 348 g/mol. The highest BCUT2D eigenvalue weighted by Gasteiger charge is 2.32. The molecule has 3 heterocycles. The lowest BCUT2D eigenvalue weighted by atomic mass is 10.2. The lowest BCUT2D eigenvalue weighted by Gasteiger charge is -2.35. The van der Waals surface area contributed by atoms with Crippen LogP contribution in [0.3, 0.4) is 0 Å². The number of thiophene rings is 1. The number of hydrogen-bond donors (Lipinski definition) is 0. The summed E-state index contributed by atoms with van der Waals surface area (Å²) in [6.07, 6.45) is 0.739. The van der Waals surface area contributed by atoms with Crippen LogP contribution in [0, 0.1) is 6.92 Å². The molecule has 0 N–H and O–H groups in total. The van der Waals surface area contributed by atoms with Crippen LogP contribution in [-0.2, 0) is 16.4 Å². The van der Waals surface area contributed by atoms with Gasteiger partial charge in [0.25, 0.3) is 10.0 Å². The first kappa shape index (κ1) is 17.5. The van der Waals surface area contributed by atoms with Crippen LogP contribution in [0.4, 0.5) is 0 Å². The largest absolute Gasteiger partial charge is 0.338 e. The Hall–Kier alpha value is -1.29. The number of aryl methyl sites for hydroxylation is 2. The number of rotatable bonds is 5. The average molecular weight is 371 g/mol. The molecule has 0 radical (unpaired) electrons. The van der Waals surface area contributed by atoms with E-state index in [2.05, 4.69) is 15.0 Å². The van der Waals surface area contributed by atoms with Crippen LogP contribution in [0.5, 0.6) is 0 Å². The molecule has 1 fully saturated rings. The summed E-state index contributed by atoms with van der Waals surface area (Å²) in [7, 11) is -3.38. The van der Waals surface area contributed by atoms with E-state index in [0.29, 0.717) is 42.1 Å². The molecule has 3 rings (SSSR count). The number of hydrogen-bond acceptors (Lipinski definition) is 7. The normalized spacial score (nSPS) is 18.8. The summed E-state index contributed by atoms with van der Waals surface area (Å²) in [6, 6.07) is 3.53. The van der Waals surface area contributed by atoms with E-state index in [0.717, 1.165) is 11.3 Å². The van der Waals surface area contributed by atoms with E-state index in [9.17, 15) is 8.42 Å². The van der Waals surface area contributed by atoms with Crippen molar-refractivity contribution in [3.8, 4) is 0 Å². The molecule has 0 saturated carbocycles. The van der Waals surface area contributed by atoms with E-state index in [4.69, 9.17) is 4.52 Å².